The molecule has 114 valence electrons. The van der Waals surface area contributed by atoms with Gasteiger partial charge >= 0.3 is 0 Å². The molecule has 0 spiro atoms. The molecule has 0 saturated heterocycles. The highest BCUT2D eigenvalue weighted by Gasteiger charge is 2.10. The summed E-state index contributed by atoms with van der Waals surface area (Å²) >= 11 is 3.38. The predicted molar refractivity (Wildman–Crippen MR) is 91.4 cm³/mol. The number of nitrogens with zero attached hydrogens (tertiary/aromatic N) is 5. The first kappa shape index (κ1) is 15.2. The van der Waals surface area contributed by atoms with Gasteiger partial charge in [0.15, 0.2) is 5.82 Å². The molecule has 0 radical (unpaired) electrons. The summed E-state index contributed by atoms with van der Waals surface area (Å²) in [6, 6.07) is 11.1. The molecule has 0 N–H and O–H groups in total. The van der Waals surface area contributed by atoms with Crippen molar-refractivity contribution in [3.05, 3.63) is 74.9 Å². The predicted octanol–water partition coefficient (Wildman–Crippen LogP) is 2.65. The summed E-state index contributed by atoms with van der Waals surface area (Å²) in [5.41, 5.74) is 1.57. The van der Waals surface area contributed by atoms with Gasteiger partial charge in [-0.25, -0.2) is 0 Å². The van der Waals surface area contributed by atoms with Crippen LogP contribution >= 0.6 is 15.9 Å². The van der Waals surface area contributed by atoms with Crippen LogP contribution < -0.4 is 5.56 Å². The number of aromatic nitrogens is 4. The highest BCUT2D eigenvalue weighted by molar-refractivity contribution is 9.10. The lowest BCUT2D eigenvalue weighted by Gasteiger charge is -2.06. The molecule has 2 heterocycles. The van der Waals surface area contributed by atoms with Gasteiger partial charge in [-0.05, 0) is 36.8 Å². The first-order chi connectivity index (χ1) is 11.1. The van der Waals surface area contributed by atoms with Crippen LogP contribution in [-0.4, -0.2) is 26.1 Å². The van der Waals surface area contributed by atoms with E-state index in [-0.39, 0.29) is 11.3 Å². The zero-order chi connectivity index (χ0) is 16.2. The van der Waals surface area contributed by atoms with Crippen molar-refractivity contribution >= 4 is 22.1 Å². The zero-order valence-corrected chi connectivity index (χ0v) is 13.8. The maximum Gasteiger partial charge on any atom is 0.296 e. The molecule has 7 heteroatoms. The summed E-state index contributed by atoms with van der Waals surface area (Å²) in [6.07, 6.45) is 4.87. The van der Waals surface area contributed by atoms with Crippen molar-refractivity contribution in [2.75, 3.05) is 0 Å². The van der Waals surface area contributed by atoms with Crippen LogP contribution in [0.3, 0.4) is 0 Å². The average molecular weight is 370 g/mol. The third kappa shape index (κ3) is 3.40. The van der Waals surface area contributed by atoms with E-state index >= 15 is 0 Å². The fraction of sp³-hybridized carbons (Fsp3) is 0.0625. The largest absolute Gasteiger partial charge is 0.296 e. The van der Waals surface area contributed by atoms with Crippen molar-refractivity contribution < 1.29 is 0 Å². The second-order valence-electron chi connectivity index (χ2n) is 4.76. The Labute approximate surface area is 140 Å². The van der Waals surface area contributed by atoms with Crippen LogP contribution in [-0.2, 0) is 0 Å². The summed E-state index contributed by atoms with van der Waals surface area (Å²) in [7, 11) is 0. The first-order valence-corrected chi connectivity index (χ1v) is 7.61. The van der Waals surface area contributed by atoms with E-state index in [0.717, 1.165) is 15.6 Å². The molecule has 2 aromatic heterocycles. The molecule has 0 saturated carbocycles. The highest BCUT2D eigenvalue weighted by Crippen LogP contribution is 2.13. The van der Waals surface area contributed by atoms with E-state index in [2.05, 4.69) is 36.2 Å². The molecule has 0 fully saturated rings. The van der Waals surface area contributed by atoms with Crippen molar-refractivity contribution in [3.8, 4) is 11.4 Å². The maximum atomic E-state index is 12.4. The summed E-state index contributed by atoms with van der Waals surface area (Å²) in [5, 5.41) is 12.3. The van der Waals surface area contributed by atoms with Crippen molar-refractivity contribution in [1.82, 2.24) is 19.9 Å². The van der Waals surface area contributed by atoms with E-state index in [1.165, 1.54) is 4.68 Å². The molecule has 1 aromatic carbocycles. The molecule has 3 rings (SSSR count). The van der Waals surface area contributed by atoms with Gasteiger partial charge in [0.05, 0.1) is 6.21 Å². The molecular weight excluding hydrogens is 358 g/mol. The Balaban J connectivity index is 2.09. The van der Waals surface area contributed by atoms with Crippen LogP contribution in [0, 0.1) is 6.92 Å². The Bertz CT molecular complexity index is 904. The number of benzene rings is 1. The van der Waals surface area contributed by atoms with Gasteiger partial charge in [0.25, 0.3) is 5.56 Å². The Hall–Kier alpha value is -2.67. The fourth-order valence-electron chi connectivity index (χ4n) is 1.92. The van der Waals surface area contributed by atoms with Crippen LogP contribution in [0.2, 0.25) is 0 Å². The van der Waals surface area contributed by atoms with Crippen molar-refractivity contribution in [1.29, 1.82) is 0 Å². The van der Waals surface area contributed by atoms with Crippen LogP contribution in [0.1, 0.15) is 11.3 Å². The van der Waals surface area contributed by atoms with Gasteiger partial charge < -0.3 is 0 Å². The van der Waals surface area contributed by atoms with Crippen LogP contribution in [0.25, 0.3) is 11.4 Å². The molecule has 0 aliphatic carbocycles. The minimum Gasteiger partial charge on any atom is -0.265 e. The molecular formula is C16H12BrN5O. The second-order valence-corrected chi connectivity index (χ2v) is 5.67. The van der Waals surface area contributed by atoms with Gasteiger partial charge in [-0.1, -0.05) is 28.1 Å². The van der Waals surface area contributed by atoms with Crippen LogP contribution in [0.15, 0.2) is 63.2 Å². The molecule has 3 aromatic rings. The number of aryl methyl sites for hydroxylation is 1. The van der Waals surface area contributed by atoms with Crippen LogP contribution in [0.5, 0.6) is 0 Å². The number of hydrogen-bond acceptors (Lipinski definition) is 5. The Morgan fingerprint density at radius 3 is 2.48 bits per heavy atom. The smallest absolute Gasteiger partial charge is 0.265 e. The van der Waals surface area contributed by atoms with E-state index in [9.17, 15) is 4.79 Å². The number of rotatable bonds is 3. The second kappa shape index (κ2) is 6.62. The Kier molecular flexibility index (Phi) is 4.38. The summed E-state index contributed by atoms with van der Waals surface area (Å²) < 4.78 is 2.23. The van der Waals surface area contributed by atoms with Crippen molar-refractivity contribution in [3.63, 3.8) is 0 Å². The van der Waals surface area contributed by atoms with Crippen LogP contribution in [0.4, 0.5) is 0 Å². The summed E-state index contributed by atoms with van der Waals surface area (Å²) in [4.78, 5) is 16.3. The lowest BCUT2D eigenvalue weighted by molar-refractivity contribution is 0.750. The van der Waals surface area contributed by atoms with E-state index in [0.29, 0.717) is 5.82 Å². The van der Waals surface area contributed by atoms with Gasteiger partial charge in [0.1, 0.15) is 5.69 Å². The van der Waals surface area contributed by atoms with Gasteiger partial charge in [-0.15, -0.1) is 10.2 Å². The fourth-order valence-corrected chi connectivity index (χ4v) is 2.18. The van der Waals surface area contributed by atoms with Gasteiger partial charge in [0.2, 0.25) is 0 Å². The van der Waals surface area contributed by atoms with E-state index in [1.54, 1.807) is 37.7 Å². The lowest BCUT2D eigenvalue weighted by Crippen LogP contribution is -2.24. The maximum absolute atomic E-state index is 12.4. The molecule has 0 bridgehead atoms. The number of halogens is 1. The number of hydrogen-bond donors (Lipinski definition) is 0. The summed E-state index contributed by atoms with van der Waals surface area (Å²) in [6.45, 7) is 1.61. The minimum atomic E-state index is -0.305. The SMILES string of the molecule is Cc1nnc(-c2ccncc2)n(/N=C\c2ccc(Br)cc2)c1=O. The topological polar surface area (TPSA) is 73.0 Å². The van der Waals surface area contributed by atoms with Gasteiger partial charge in [0, 0.05) is 22.4 Å². The molecule has 6 nitrogen and oxygen atoms in total. The highest BCUT2D eigenvalue weighted by atomic mass is 79.9. The molecule has 0 aliphatic rings. The third-order valence-electron chi connectivity index (χ3n) is 3.13. The normalized spacial score (nSPS) is 11.0. The van der Waals surface area contributed by atoms with E-state index < -0.39 is 0 Å². The standard InChI is InChI=1S/C16H12BrN5O/c1-11-16(23)22(19-10-12-2-4-14(17)5-3-12)15(21-20-11)13-6-8-18-9-7-13/h2-10H,1H3/b19-10-. The third-order valence-corrected chi connectivity index (χ3v) is 3.66. The molecule has 0 unspecified atom stereocenters. The quantitative estimate of drug-likeness (QED) is 0.665. The van der Waals surface area contributed by atoms with E-state index in [1.807, 2.05) is 24.3 Å². The molecule has 23 heavy (non-hydrogen) atoms. The molecule has 0 aliphatic heterocycles. The van der Waals surface area contributed by atoms with Crippen molar-refractivity contribution in [2.24, 2.45) is 5.10 Å². The van der Waals surface area contributed by atoms with Gasteiger partial charge in [-0.3, -0.25) is 9.78 Å². The lowest BCUT2D eigenvalue weighted by atomic mass is 10.2. The Morgan fingerprint density at radius 1 is 1.09 bits per heavy atom. The Morgan fingerprint density at radius 2 is 1.78 bits per heavy atom. The van der Waals surface area contributed by atoms with Gasteiger partial charge in [-0.2, -0.15) is 9.78 Å². The average Bonchev–Trinajstić information content (AvgIpc) is 2.58. The molecule has 0 amide bonds. The minimum absolute atomic E-state index is 0.288. The zero-order valence-electron chi connectivity index (χ0n) is 12.2. The molecule has 0 atom stereocenters. The first-order valence-electron chi connectivity index (χ1n) is 6.82. The van der Waals surface area contributed by atoms with E-state index in [4.69, 9.17) is 0 Å². The number of pyridine rings is 1. The van der Waals surface area contributed by atoms with Crippen molar-refractivity contribution in [2.45, 2.75) is 6.92 Å². The summed E-state index contributed by atoms with van der Waals surface area (Å²) in [5.74, 6) is 0.372. The monoisotopic (exact) mass is 369 g/mol.